The zero-order chi connectivity index (χ0) is 13.2. The molecule has 19 heavy (non-hydrogen) atoms. The van der Waals surface area contributed by atoms with Gasteiger partial charge in [-0.1, -0.05) is 19.1 Å². The van der Waals surface area contributed by atoms with E-state index in [2.05, 4.69) is 53.2 Å². The molecule has 0 amide bonds. The topological polar surface area (TPSA) is 29.9 Å². The van der Waals surface area contributed by atoms with E-state index in [1.54, 1.807) is 0 Å². The largest absolute Gasteiger partial charge is 0.310 e. The van der Waals surface area contributed by atoms with E-state index in [-0.39, 0.29) is 0 Å². The van der Waals surface area contributed by atoms with Crippen molar-refractivity contribution < 1.29 is 0 Å². The van der Waals surface area contributed by atoms with Crippen molar-refractivity contribution in [1.82, 2.24) is 15.1 Å². The highest BCUT2D eigenvalue weighted by atomic mass is 15.3. The van der Waals surface area contributed by atoms with Gasteiger partial charge >= 0.3 is 0 Å². The quantitative estimate of drug-likeness (QED) is 0.913. The highest BCUT2D eigenvalue weighted by Gasteiger charge is 2.23. The maximum atomic E-state index is 4.62. The van der Waals surface area contributed by atoms with E-state index in [1.165, 1.54) is 35.3 Å². The second-order valence-electron chi connectivity index (χ2n) is 5.30. The van der Waals surface area contributed by atoms with Crippen molar-refractivity contribution in [3.05, 3.63) is 47.3 Å². The first kappa shape index (κ1) is 12.4. The first-order chi connectivity index (χ1) is 9.29. The van der Waals surface area contributed by atoms with E-state index in [1.807, 2.05) is 6.20 Å². The van der Waals surface area contributed by atoms with Crippen molar-refractivity contribution in [3.63, 3.8) is 0 Å². The highest BCUT2D eigenvalue weighted by molar-refractivity contribution is 5.39. The molecule has 0 saturated heterocycles. The predicted octanol–water partition coefficient (Wildman–Crippen LogP) is 3.17. The number of aryl methyl sites for hydroxylation is 1. The maximum absolute atomic E-state index is 4.62. The maximum Gasteiger partial charge on any atom is 0.0651 e. The molecule has 0 bridgehead atoms. The van der Waals surface area contributed by atoms with E-state index < -0.39 is 0 Å². The van der Waals surface area contributed by atoms with Crippen LogP contribution in [0.15, 0.2) is 30.5 Å². The van der Waals surface area contributed by atoms with Crippen LogP contribution < -0.4 is 5.32 Å². The molecule has 1 aliphatic carbocycles. The number of rotatable bonds is 3. The van der Waals surface area contributed by atoms with Crippen LogP contribution in [0.3, 0.4) is 0 Å². The summed E-state index contributed by atoms with van der Waals surface area (Å²) in [7, 11) is 0. The molecule has 1 N–H and O–H groups in total. The molecule has 0 aliphatic heterocycles. The molecular formula is C16H21N3. The monoisotopic (exact) mass is 255 g/mol. The minimum absolute atomic E-state index is 0.479. The summed E-state index contributed by atoms with van der Waals surface area (Å²) in [6, 6.07) is 9.04. The summed E-state index contributed by atoms with van der Waals surface area (Å²) in [5.74, 6) is 0. The SMILES string of the molecule is CCNC1CCCc2c1cnn2-c1cccc(C)c1. The van der Waals surface area contributed by atoms with Gasteiger partial charge in [-0.25, -0.2) is 4.68 Å². The lowest BCUT2D eigenvalue weighted by molar-refractivity contribution is 0.467. The number of fused-ring (bicyclic) bond motifs is 1. The summed E-state index contributed by atoms with van der Waals surface area (Å²) in [6.07, 6.45) is 5.64. The molecule has 1 aromatic carbocycles. The van der Waals surface area contributed by atoms with Gasteiger partial charge in [-0.15, -0.1) is 0 Å². The van der Waals surface area contributed by atoms with Gasteiger partial charge in [0, 0.05) is 17.3 Å². The number of benzene rings is 1. The Morgan fingerprint density at radius 3 is 3.11 bits per heavy atom. The van der Waals surface area contributed by atoms with E-state index in [0.29, 0.717) is 6.04 Å². The lowest BCUT2D eigenvalue weighted by Crippen LogP contribution is -2.24. The van der Waals surface area contributed by atoms with Gasteiger partial charge in [-0.3, -0.25) is 0 Å². The lowest BCUT2D eigenvalue weighted by atomic mass is 9.93. The van der Waals surface area contributed by atoms with E-state index in [9.17, 15) is 0 Å². The van der Waals surface area contributed by atoms with Crippen LogP contribution in [0.5, 0.6) is 0 Å². The van der Waals surface area contributed by atoms with Crippen LogP contribution in [0.1, 0.15) is 42.6 Å². The van der Waals surface area contributed by atoms with Gasteiger partial charge in [-0.2, -0.15) is 5.10 Å². The van der Waals surface area contributed by atoms with Crippen LogP contribution in [-0.2, 0) is 6.42 Å². The number of nitrogens with zero attached hydrogens (tertiary/aromatic N) is 2. The standard InChI is InChI=1S/C16H21N3/c1-3-17-15-8-5-9-16-14(15)11-18-19(16)13-7-4-6-12(2)10-13/h4,6-7,10-11,15,17H,3,5,8-9H2,1-2H3. The van der Waals surface area contributed by atoms with E-state index in [4.69, 9.17) is 0 Å². The van der Waals surface area contributed by atoms with Crippen LogP contribution in [-0.4, -0.2) is 16.3 Å². The fourth-order valence-electron chi connectivity index (χ4n) is 3.00. The fraction of sp³-hybridized carbons (Fsp3) is 0.438. The second-order valence-corrected chi connectivity index (χ2v) is 5.30. The third-order valence-corrected chi connectivity index (χ3v) is 3.88. The Morgan fingerprint density at radius 1 is 1.42 bits per heavy atom. The van der Waals surface area contributed by atoms with Crippen molar-refractivity contribution in [3.8, 4) is 5.69 Å². The van der Waals surface area contributed by atoms with E-state index in [0.717, 1.165) is 13.0 Å². The summed E-state index contributed by atoms with van der Waals surface area (Å²) < 4.78 is 2.12. The summed E-state index contributed by atoms with van der Waals surface area (Å²) >= 11 is 0. The third kappa shape index (κ3) is 2.30. The predicted molar refractivity (Wildman–Crippen MR) is 77.7 cm³/mol. The molecule has 1 aliphatic rings. The van der Waals surface area contributed by atoms with Gasteiger partial charge in [0.25, 0.3) is 0 Å². The Balaban J connectivity index is 2.01. The molecule has 0 saturated carbocycles. The van der Waals surface area contributed by atoms with Crippen LogP contribution in [0, 0.1) is 6.92 Å². The van der Waals surface area contributed by atoms with Crippen molar-refractivity contribution in [2.75, 3.05) is 6.54 Å². The van der Waals surface area contributed by atoms with Crippen molar-refractivity contribution in [2.45, 2.75) is 39.2 Å². The molecule has 1 aromatic heterocycles. The van der Waals surface area contributed by atoms with Crippen LogP contribution in [0.2, 0.25) is 0 Å². The molecule has 2 aromatic rings. The van der Waals surface area contributed by atoms with Crippen LogP contribution in [0.25, 0.3) is 5.69 Å². The van der Waals surface area contributed by atoms with Gasteiger partial charge in [0.05, 0.1) is 11.9 Å². The Labute approximate surface area is 114 Å². The first-order valence-electron chi connectivity index (χ1n) is 7.17. The summed E-state index contributed by atoms with van der Waals surface area (Å²) in [5.41, 5.74) is 5.22. The molecule has 1 heterocycles. The van der Waals surface area contributed by atoms with Crippen molar-refractivity contribution >= 4 is 0 Å². The van der Waals surface area contributed by atoms with Gasteiger partial charge < -0.3 is 5.32 Å². The second kappa shape index (κ2) is 5.17. The highest BCUT2D eigenvalue weighted by Crippen LogP contribution is 2.30. The van der Waals surface area contributed by atoms with Crippen LogP contribution in [0.4, 0.5) is 0 Å². The van der Waals surface area contributed by atoms with Gasteiger partial charge in [0.15, 0.2) is 0 Å². The first-order valence-corrected chi connectivity index (χ1v) is 7.17. The van der Waals surface area contributed by atoms with Gasteiger partial charge in [0.2, 0.25) is 0 Å². The summed E-state index contributed by atoms with van der Waals surface area (Å²) in [5, 5.41) is 8.18. The average molecular weight is 255 g/mol. The smallest absolute Gasteiger partial charge is 0.0651 e. The number of nitrogens with one attached hydrogen (secondary N) is 1. The molecule has 3 nitrogen and oxygen atoms in total. The zero-order valence-corrected chi connectivity index (χ0v) is 11.7. The molecule has 3 heteroatoms. The Morgan fingerprint density at radius 2 is 2.32 bits per heavy atom. The molecule has 0 spiro atoms. The molecule has 0 fully saturated rings. The number of hydrogen-bond acceptors (Lipinski definition) is 2. The van der Waals surface area contributed by atoms with E-state index >= 15 is 0 Å². The van der Waals surface area contributed by atoms with Crippen molar-refractivity contribution in [1.29, 1.82) is 0 Å². The molecule has 0 radical (unpaired) electrons. The molecule has 1 atom stereocenters. The number of aromatic nitrogens is 2. The Kier molecular flexibility index (Phi) is 3.38. The van der Waals surface area contributed by atoms with Gasteiger partial charge in [0.1, 0.15) is 0 Å². The summed E-state index contributed by atoms with van der Waals surface area (Å²) in [6.45, 7) is 5.31. The number of hydrogen-bond donors (Lipinski definition) is 1. The minimum Gasteiger partial charge on any atom is -0.310 e. The average Bonchev–Trinajstić information content (AvgIpc) is 2.84. The lowest BCUT2D eigenvalue weighted by Gasteiger charge is -2.23. The molecule has 100 valence electrons. The molecular weight excluding hydrogens is 234 g/mol. The summed E-state index contributed by atoms with van der Waals surface area (Å²) in [4.78, 5) is 0. The Hall–Kier alpha value is -1.61. The van der Waals surface area contributed by atoms with Crippen LogP contribution >= 0.6 is 0 Å². The molecule has 1 unspecified atom stereocenters. The minimum atomic E-state index is 0.479. The zero-order valence-electron chi connectivity index (χ0n) is 11.7. The third-order valence-electron chi connectivity index (χ3n) is 3.88. The normalized spacial score (nSPS) is 18.3. The van der Waals surface area contributed by atoms with Crippen molar-refractivity contribution in [2.24, 2.45) is 0 Å². The molecule has 3 rings (SSSR count). The fourth-order valence-corrected chi connectivity index (χ4v) is 3.00. The Bertz CT molecular complexity index is 571. The van der Waals surface area contributed by atoms with Gasteiger partial charge in [-0.05, 0) is 50.4 Å².